The Labute approximate surface area is 148 Å². The van der Waals surface area contributed by atoms with Crippen LogP contribution in [0.4, 0.5) is 17.5 Å². The van der Waals surface area contributed by atoms with Gasteiger partial charge in [0.05, 0.1) is 11.7 Å². The van der Waals surface area contributed by atoms with Crippen LogP contribution in [0.3, 0.4) is 0 Å². The lowest BCUT2D eigenvalue weighted by atomic mass is 10.1. The highest BCUT2D eigenvalue weighted by atomic mass is 16.4. The van der Waals surface area contributed by atoms with Gasteiger partial charge in [0, 0.05) is 41.6 Å². The highest BCUT2D eigenvalue weighted by Gasteiger charge is 2.09. The summed E-state index contributed by atoms with van der Waals surface area (Å²) in [5.41, 5.74) is 9.54. The van der Waals surface area contributed by atoms with Crippen LogP contribution >= 0.6 is 0 Å². The Balaban J connectivity index is 0.000000447. The number of H-pyrrole nitrogens is 2. The zero-order valence-electron chi connectivity index (χ0n) is 13.9. The number of carboxylic acid groups (broad SMARTS) is 1. The zero-order valence-corrected chi connectivity index (χ0v) is 13.9. The molecule has 26 heavy (non-hydrogen) atoms. The SMILES string of the molecule is CC(=O)O.Nc1nccc(Nc2cc(-c3ccc[nH]3)c3[nH]ncc3c2)n1. The minimum Gasteiger partial charge on any atom is -0.481 e. The molecule has 0 aliphatic heterocycles. The summed E-state index contributed by atoms with van der Waals surface area (Å²) in [6, 6.07) is 9.78. The Bertz CT molecular complexity index is 1020. The van der Waals surface area contributed by atoms with Crippen LogP contribution in [0.5, 0.6) is 0 Å². The van der Waals surface area contributed by atoms with Crippen molar-refractivity contribution >= 4 is 34.3 Å². The molecule has 0 fully saturated rings. The molecule has 4 aromatic rings. The second kappa shape index (κ2) is 7.34. The molecule has 0 bridgehead atoms. The van der Waals surface area contributed by atoms with E-state index in [0.717, 1.165) is 34.8 Å². The first kappa shape index (κ1) is 17.0. The molecule has 0 atom stereocenters. The number of benzene rings is 1. The number of nitrogens with one attached hydrogen (secondary N) is 3. The monoisotopic (exact) mass is 351 g/mol. The third-order valence-corrected chi connectivity index (χ3v) is 3.38. The van der Waals surface area contributed by atoms with Gasteiger partial charge in [0.15, 0.2) is 0 Å². The van der Waals surface area contributed by atoms with E-state index in [1.54, 1.807) is 18.5 Å². The quantitative estimate of drug-likeness (QED) is 0.381. The minimum atomic E-state index is -0.833. The molecule has 9 heteroatoms. The molecule has 4 rings (SSSR count). The number of aliphatic carboxylic acids is 1. The van der Waals surface area contributed by atoms with Crippen molar-refractivity contribution in [3.63, 3.8) is 0 Å². The lowest BCUT2D eigenvalue weighted by Crippen LogP contribution is -1.99. The van der Waals surface area contributed by atoms with Crippen LogP contribution in [0.15, 0.2) is 48.9 Å². The first-order valence-electron chi connectivity index (χ1n) is 7.69. The number of hydrogen-bond acceptors (Lipinski definition) is 6. The van der Waals surface area contributed by atoms with Crippen LogP contribution in [0.2, 0.25) is 0 Å². The Morgan fingerprint density at radius 1 is 1.31 bits per heavy atom. The molecule has 0 radical (unpaired) electrons. The number of nitrogen functional groups attached to an aromatic ring is 1. The maximum atomic E-state index is 9.00. The average Bonchev–Trinajstić information content (AvgIpc) is 3.25. The highest BCUT2D eigenvalue weighted by Crippen LogP contribution is 2.30. The van der Waals surface area contributed by atoms with E-state index >= 15 is 0 Å². The smallest absolute Gasteiger partial charge is 0.300 e. The fourth-order valence-electron chi connectivity index (χ4n) is 2.43. The van der Waals surface area contributed by atoms with Crippen molar-refractivity contribution in [2.75, 3.05) is 11.1 Å². The molecule has 0 unspecified atom stereocenters. The number of fused-ring (bicyclic) bond motifs is 1. The van der Waals surface area contributed by atoms with Gasteiger partial charge >= 0.3 is 0 Å². The molecule has 6 N–H and O–H groups in total. The van der Waals surface area contributed by atoms with Crippen molar-refractivity contribution in [1.29, 1.82) is 0 Å². The van der Waals surface area contributed by atoms with E-state index in [4.69, 9.17) is 15.6 Å². The lowest BCUT2D eigenvalue weighted by Gasteiger charge is -2.09. The van der Waals surface area contributed by atoms with Gasteiger partial charge in [-0.25, -0.2) is 4.98 Å². The van der Waals surface area contributed by atoms with Crippen LogP contribution in [0.25, 0.3) is 22.2 Å². The maximum absolute atomic E-state index is 9.00. The second-order valence-corrected chi connectivity index (χ2v) is 5.39. The maximum Gasteiger partial charge on any atom is 0.300 e. The minimum absolute atomic E-state index is 0.235. The van der Waals surface area contributed by atoms with Gasteiger partial charge in [0.2, 0.25) is 5.95 Å². The van der Waals surface area contributed by atoms with Crippen molar-refractivity contribution in [1.82, 2.24) is 25.1 Å². The number of nitrogens with two attached hydrogens (primary N) is 1. The molecule has 0 amide bonds. The number of rotatable bonds is 3. The lowest BCUT2D eigenvalue weighted by molar-refractivity contribution is -0.134. The molecule has 0 aliphatic rings. The van der Waals surface area contributed by atoms with Gasteiger partial charge in [-0.2, -0.15) is 10.1 Å². The molecular formula is C17H17N7O2. The highest BCUT2D eigenvalue weighted by molar-refractivity contribution is 5.96. The molecule has 132 valence electrons. The molecule has 0 saturated carbocycles. The van der Waals surface area contributed by atoms with Gasteiger partial charge in [0.1, 0.15) is 5.82 Å². The summed E-state index contributed by atoms with van der Waals surface area (Å²) >= 11 is 0. The molecule has 3 aromatic heterocycles. The summed E-state index contributed by atoms with van der Waals surface area (Å²) in [4.78, 5) is 20.3. The largest absolute Gasteiger partial charge is 0.481 e. The third-order valence-electron chi connectivity index (χ3n) is 3.38. The molecule has 9 nitrogen and oxygen atoms in total. The fraction of sp³-hybridized carbons (Fsp3) is 0.0588. The van der Waals surface area contributed by atoms with Crippen molar-refractivity contribution in [3.05, 3.63) is 48.9 Å². The van der Waals surface area contributed by atoms with Crippen LogP contribution in [-0.4, -0.2) is 36.2 Å². The predicted octanol–water partition coefficient (Wildman–Crippen LogP) is 2.76. The molecular weight excluding hydrogens is 334 g/mol. The van der Waals surface area contributed by atoms with Gasteiger partial charge < -0.3 is 21.1 Å². The summed E-state index contributed by atoms with van der Waals surface area (Å²) in [7, 11) is 0. The molecule has 3 heterocycles. The van der Waals surface area contributed by atoms with Crippen molar-refractivity contribution in [2.24, 2.45) is 0 Å². The summed E-state index contributed by atoms with van der Waals surface area (Å²) in [5.74, 6) is 0.0479. The third kappa shape index (κ3) is 3.96. The number of carbonyl (C=O) groups is 1. The second-order valence-electron chi connectivity index (χ2n) is 5.39. The zero-order chi connectivity index (χ0) is 18.5. The van der Waals surface area contributed by atoms with Crippen molar-refractivity contribution in [2.45, 2.75) is 6.92 Å². The standard InChI is InChI=1S/C15H13N7.C2H4O2/c16-15-18-5-3-13(21-15)20-10-6-9-8-19-22-14(9)11(7-10)12-2-1-4-17-12;1-2(3)4/h1-8,17H,(H,19,22)(H3,16,18,20,21);1H3,(H,3,4). The van der Waals surface area contributed by atoms with Gasteiger partial charge in [-0.05, 0) is 30.3 Å². The van der Waals surface area contributed by atoms with E-state index in [0.29, 0.717) is 5.82 Å². The van der Waals surface area contributed by atoms with E-state index in [9.17, 15) is 0 Å². The topological polar surface area (TPSA) is 146 Å². The molecule has 1 aromatic carbocycles. The first-order chi connectivity index (χ1) is 12.5. The molecule has 0 aliphatic carbocycles. The number of anilines is 3. The Kier molecular flexibility index (Phi) is 4.79. The van der Waals surface area contributed by atoms with E-state index in [1.165, 1.54) is 0 Å². The Morgan fingerprint density at radius 3 is 2.81 bits per heavy atom. The number of aromatic nitrogens is 5. The van der Waals surface area contributed by atoms with Crippen LogP contribution in [-0.2, 0) is 4.79 Å². The fourth-order valence-corrected chi connectivity index (χ4v) is 2.43. The number of aromatic amines is 2. The summed E-state index contributed by atoms with van der Waals surface area (Å²) in [6.07, 6.45) is 5.30. The van der Waals surface area contributed by atoms with E-state index in [2.05, 4.69) is 30.5 Å². The Morgan fingerprint density at radius 2 is 2.12 bits per heavy atom. The molecule has 0 spiro atoms. The van der Waals surface area contributed by atoms with Crippen LogP contribution in [0.1, 0.15) is 6.92 Å². The number of hydrogen-bond donors (Lipinski definition) is 5. The number of nitrogens with zero attached hydrogens (tertiary/aromatic N) is 3. The van der Waals surface area contributed by atoms with E-state index in [1.807, 2.05) is 30.5 Å². The molecule has 0 saturated heterocycles. The van der Waals surface area contributed by atoms with Gasteiger partial charge in [-0.1, -0.05) is 0 Å². The summed E-state index contributed by atoms with van der Waals surface area (Å²) in [6.45, 7) is 1.08. The van der Waals surface area contributed by atoms with Gasteiger partial charge in [0.25, 0.3) is 5.97 Å². The van der Waals surface area contributed by atoms with Gasteiger partial charge in [-0.3, -0.25) is 9.89 Å². The summed E-state index contributed by atoms with van der Waals surface area (Å²) < 4.78 is 0. The van der Waals surface area contributed by atoms with E-state index < -0.39 is 5.97 Å². The van der Waals surface area contributed by atoms with Crippen molar-refractivity contribution < 1.29 is 9.90 Å². The summed E-state index contributed by atoms with van der Waals surface area (Å²) in [5, 5.41) is 18.8. The van der Waals surface area contributed by atoms with Gasteiger partial charge in [-0.15, -0.1) is 0 Å². The van der Waals surface area contributed by atoms with E-state index in [-0.39, 0.29) is 5.95 Å². The normalized spacial score (nSPS) is 10.2. The predicted molar refractivity (Wildman–Crippen MR) is 98.9 cm³/mol. The average molecular weight is 351 g/mol. The van der Waals surface area contributed by atoms with Crippen LogP contribution in [0, 0.1) is 0 Å². The van der Waals surface area contributed by atoms with Crippen molar-refractivity contribution in [3.8, 4) is 11.3 Å². The van der Waals surface area contributed by atoms with Crippen LogP contribution < -0.4 is 11.1 Å². The Hall–Kier alpha value is -3.88. The first-order valence-corrected chi connectivity index (χ1v) is 7.69. The number of carboxylic acids is 1.